The van der Waals surface area contributed by atoms with Crippen LogP contribution in [-0.4, -0.2) is 20.4 Å². The Labute approximate surface area is 171 Å². The summed E-state index contributed by atoms with van der Waals surface area (Å²) in [6.45, 7) is 1.53. The topological polar surface area (TPSA) is 80.9 Å². The smallest absolute Gasteiger partial charge is 0.126 e. The Morgan fingerprint density at radius 2 is 1.04 bits per heavy atom. The van der Waals surface area contributed by atoms with E-state index in [-0.39, 0.29) is 25.6 Å². The molecule has 0 aliphatic heterocycles. The quantitative estimate of drug-likeness (QED) is 0.263. The largest absolute Gasteiger partial charge is 0.507 e. The number of benzene rings is 1. The van der Waals surface area contributed by atoms with Crippen molar-refractivity contribution in [2.45, 2.75) is 117 Å². The predicted molar refractivity (Wildman–Crippen MR) is 115 cm³/mol. The number of phenols is 1. The van der Waals surface area contributed by atoms with Crippen molar-refractivity contribution < 1.29 is 20.4 Å². The van der Waals surface area contributed by atoms with Crippen LogP contribution < -0.4 is 0 Å². The number of hydrogen-bond donors (Lipinski definition) is 4. The van der Waals surface area contributed by atoms with Crippen molar-refractivity contribution >= 4 is 0 Å². The van der Waals surface area contributed by atoms with Gasteiger partial charge in [0.2, 0.25) is 0 Å². The lowest BCUT2D eigenvalue weighted by molar-refractivity contribution is 0.257. The van der Waals surface area contributed by atoms with Crippen molar-refractivity contribution in [3.8, 4) is 5.75 Å². The Morgan fingerprint density at radius 1 is 0.571 bits per heavy atom. The van der Waals surface area contributed by atoms with E-state index in [1.165, 1.54) is 70.6 Å². The van der Waals surface area contributed by atoms with Gasteiger partial charge in [-0.25, -0.2) is 0 Å². The molecule has 0 aliphatic rings. The molecule has 0 spiro atoms. The highest BCUT2D eigenvalue weighted by atomic mass is 16.3. The molecule has 0 saturated carbocycles. The fourth-order valence-electron chi connectivity index (χ4n) is 3.96. The lowest BCUT2D eigenvalue weighted by Gasteiger charge is -2.17. The molecule has 1 rings (SSSR count). The minimum absolute atomic E-state index is 0.0353. The van der Waals surface area contributed by atoms with E-state index >= 15 is 0 Å². The highest BCUT2D eigenvalue weighted by Crippen LogP contribution is 2.31. The summed E-state index contributed by atoms with van der Waals surface area (Å²) < 4.78 is 0. The van der Waals surface area contributed by atoms with Gasteiger partial charge in [0.25, 0.3) is 0 Å². The number of aliphatic hydroxyl groups is 3. The van der Waals surface area contributed by atoms with Crippen LogP contribution in [0, 0.1) is 0 Å². The second-order valence-corrected chi connectivity index (χ2v) is 7.97. The zero-order valence-corrected chi connectivity index (χ0v) is 17.9. The standard InChI is InChI=1S/C24H42O4/c1-2-3-4-5-6-7-8-9-10-11-12-13-14-15-22-20(17-25)16-21(18-26)24(28)23(22)19-27/h16,25-28H,2-15,17-19H2,1H3. The number of unbranched alkanes of at least 4 members (excludes halogenated alkanes) is 12. The van der Waals surface area contributed by atoms with Crippen molar-refractivity contribution in [1.82, 2.24) is 0 Å². The summed E-state index contributed by atoms with van der Waals surface area (Å²) in [5.41, 5.74) is 2.35. The summed E-state index contributed by atoms with van der Waals surface area (Å²) in [6, 6.07) is 1.64. The second-order valence-electron chi connectivity index (χ2n) is 7.97. The van der Waals surface area contributed by atoms with Crippen LogP contribution in [0.4, 0.5) is 0 Å². The van der Waals surface area contributed by atoms with Gasteiger partial charge < -0.3 is 20.4 Å². The van der Waals surface area contributed by atoms with Gasteiger partial charge >= 0.3 is 0 Å². The third kappa shape index (κ3) is 8.93. The van der Waals surface area contributed by atoms with Gasteiger partial charge in [0.15, 0.2) is 0 Å². The molecule has 1 aromatic rings. The third-order valence-electron chi connectivity index (χ3n) is 5.72. The minimum Gasteiger partial charge on any atom is -0.507 e. The molecule has 0 saturated heterocycles. The zero-order chi connectivity index (χ0) is 20.6. The molecule has 1 aromatic carbocycles. The van der Waals surface area contributed by atoms with Gasteiger partial charge in [-0.05, 0) is 30.0 Å². The summed E-state index contributed by atoms with van der Waals surface area (Å²) >= 11 is 0. The summed E-state index contributed by atoms with van der Waals surface area (Å²) in [4.78, 5) is 0. The highest BCUT2D eigenvalue weighted by Gasteiger charge is 2.16. The van der Waals surface area contributed by atoms with E-state index in [9.17, 15) is 20.4 Å². The molecular weight excluding hydrogens is 352 g/mol. The number of rotatable bonds is 17. The van der Waals surface area contributed by atoms with Gasteiger partial charge in [0, 0.05) is 11.1 Å². The van der Waals surface area contributed by atoms with Gasteiger partial charge in [-0.2, -0.15) is 0 Å². The molecule has 4 N–H and O–H groups in total. The molecule has 0 amide bonds. The van der Waals surface area contributed by atoms with Crippen molar-refractivity contribution in [2.75, 3.05) is 0 Å². The van der Waals surface area contributed by atoms with E-state index in [1.54, 1.807) is 6.07 Å². The first-order valence-electron chi connectivity index (χ1n) is 11.4. The van der Waals surface area contributed by atoms with Crippen LogP contribution in [0.25, 0.3) is 0 Å². The fraction of sp³-hybridized carbons (Fsp3) is 0.750. The third-order valence-corrected chi connectivity index (χ3v) is 5.72. The molecule has 162 valence electrons. The van der Waals surface area contributed by atoms with Gasteiger partial charge in [-0.1, -0.05) is 84.0 Å². The molecule has 0 fully saturated rings. The molecule has 0 aliphatic carbocycles. The summed E-state index contributed by atoms with van der Waals surface area (Å²) in [6.07, 6.45) is 17.6. The van der Waals surface area contributed by atoms with Crippen LogP contribution in [-0.2, 0) is 26.2 Å². The van der Waals surface area contributed by atoms with Crippen molar-refractivity contribution in [1.29, 1.82) is 0 Å². The van der Waals surface area contributed by atoms with Crippen molar-refractivity contribution in [3.05, 3.63) is 28.3 Å². The van der Waals surface area contributed by atoms with Crippen LogP contribution >= 0.6 is 0 Å². The lowest BCUT2D eigenvalue weighted by atomic mass is 9.92. The van der Waals surface area contributed by atoms with Crippen LogP contribution in [0.2, 0.25) is 0 Å². The lowest BCUT2D eigenvalue weighted by Crippen LogP contribution is -2.04. The Bertz CT molecular complexity index is 528. The Morgan fingerprint density at radius 3 is 1.46 bits per heavy atom. The van der Waals surface area contributed by atoms with Crippen molar-refractivity contribution in [2.24, 2.45) is 0 Å². The van der Waals surface area contributed by atoms with Crippen LogP contribution in [0.15, 0.2) is 6.07 Å². The van der Waals surface area contributed by atoms with Gasteiger partial charge in [0.05, 0.1) is 19.8 Å². The average Bonchev–Trinajstić information content (AvgIpc) is 2.71. The van der Waals surface area contributed by atoms with E-state index in [1.807, 2.05) is 0 Å². The van der Waals surface area contributed by atoms with Crippen LogP contribution in [0.5, 0.6) is 5.75 Å². The Kier molecular flexibility index (Phi) is 14.1. The Hall–Kier alpha value is -1.10. The first-order valence-corrected chi connectivity index (χ1v) is 11.4. The molecule has 0 atom stereocenters. The zero-order valence-electron chi connectivity index (χ0n) is 17.9. The summed E-state index contributed by atoms with van der Waals surface area (Å²) in [5.74, 6) is -0.0353. The van der Waals surface area contributed by atoms with Gasteiger partial charge in [0.1, 0.15) is 5.75 Å². The average molecular weight is 395 g/mol. The number of aliphatic hydroxyl groups excluding tert-OH is 3. The SMILES string of the molecule is CCCCCCCCCCCCCCCc1c(CO)cc(CO)c(O)c1CO. The first kappa shape index (κ1) is 24.9. The minimum atomic E-state index is -0.301. The van der Waals surface area contributed by atoms with E-state index < -0.39 is 0 Å². The molecule has 4 nitrogen and oxygen atoms in total. The molecule has 0 unspecified atom stereocenters. The normalized spacial score (nSPS) is 11.3. The van der Waals surface area contributed by atoms with E-state index in [0.717, 1.165) is 24.8 Å². The van der Waals surface area contributed by atoms with Gasteiger partial charge in [-0.15, -0.1) is 0 Å². The number of aromatic hydroxyl groups is 1. The molecule has 28 heavy (non-hydrogen) atoms. The molecule has 0 radical (unpaired) electrons. The monoisotopic (exact) mass is 394 g/mol. The maximum absolute atomic E-state index is 10.2. The predicted octanol–water partition coefficient (Wildman–Crippen LogP) is 5.50. The molecule has 0 bridgehead atoms. The number of hydrogen-bond acceptors (Lipinski definition) is 4. The molecular formula is C24H42O4. The Balaban J connectivity index is 2.22. The maximum Gasteiger partial charge on any atom is 0.126 e. The van der Waals surface area contributed by atoms with Crippen molar-refractivity contribution in [3.63, 3.8) is 0 Å². The molecule has 4 heteroatoms. The van der Waals surface area contributed by atoms with E-state index in [4.69, 9.17) is 0 Å². The fourth-order valence-corrected chi connectivity index (χ4v) is 3.96. The van der Waals surface area contributed by atoms with E-state index in [2.05, 4.69) is 6.92 Å². The summed E-state index contributed by atoms with van der Waals surface area (Å²) in [5, 5.41) is 38.7. The van der Waals surface area contributed by atoms with Crippen LogP contribution in [0.3, 0.4) is 0 Å². The second kappa shape index (κ2) is 15.8. The highest BCUT2D eigenvalue weighted by molar-refractivity contribution is 5.49. The summed E-state index contributed by atoms with van der Waals surface area (Å²) in [7, 11) is 0. The van der Waals surface area contributed by atoms with Crippen LogP contribution in [0.1, 0.15) is 113 Å². The van der Waals surface area contributed by atoms with E-state index in [0.29, 0.717) is 16.7 Å². The first-order chi connectivity index (χ1) is 13.7. The van der Waals surface area contributed by atoms with Gasteiger partial charge in [-0.3, -0.25) is 0 Å². The molecule has 0 heterocycles. The maximum atomic E-state index is 10.2. The molecule has 0 aromatic heterocycles.